The molecule has 0 aromatic carbocycles. The van der Waals surface area contributed by atoms with Crippen molar-refractivity contribution in [2.24, 2.45) is 11.8 Å². The van der Waals surface area contributed by atoms with Crippen LogP contribution in [-0.2, 0) is 9.53 Å². The van der Waals surface area contributed by atoms with Gasteiger partial charge in [-0.2, -0.15) is 0 Å². The third-order valence-electron chi connectivity index (χ3n) is 4.25. The maximum absolute atomic E-state index is 12.3. The summed E-state index contributed by atoms with van der Waals surface area (Å²) in [4.78, 5) is 12.3. The Hall–Kier alpha value is -0.790. The standard InChI is InChI=1S/C21H40O2/c1-5-7-9-11-13-15-17-23-21(22)20(18-19(3)4)16-14-12-10-8-6-2/h15,17,19-20H,5-14,16,18H2,1-4H3. The fraction of sp³-hybridized carbons (Fsp3) is 0.857. The average Bonchev–Trinajstić information content (AvgIpc) is 2.52. The molecule has 0 radical (unpaired) electrons. The first-order valence-corrected chi connectivity index (χ1v) is 9.97. The first kappa shape index (κ1) is 22.2. The van der Waals surface area contributed by atoms with Gasteiger partial charge in [0, 0.05) is 0 Å². The smallest absolute Gasteiger partial charge is 0.313 e. The van der Waals surface area contributed by atoms with Crippen LogP contribution in [0.4, 0.5) is 0 Å². The number of esters is 1. The molecule has 0 aliphatic rings. The summed E-state index contributed by atoms with van der Waals surface area (Å²) in [7, 11) is 0. The van der Waals surface area contributed by atoms with Gasteiger partial charge in [-0.15, -0.1) is 0 Å². The van der Waals surface area contributed by atoms with Crippen LogP contribution in [0, 0.1) is 11.8 Å². The van der Waals surface area contributed by atoms with Crippen molar-refractivity contribution in [1.29, 1.82) is 0 Å². The second-order valence-electron chi connectivity index (χ2n) is 7.19. The van der Waals surface area contributed by atoms with Gasteiger partial charge in [-0.1, -0.05) is 79.1 Å². The minimum atomic E-state index is -0.0287. The first-order chi connectivity index (χ1) is 11.1. The predicted molar refractivity (Wildman–Crippen MR) is 100 cm³/mol. The van der Waals surface area contributed by atoms with Crippen molar-refractivity contribution >= 4 is 5.97 Å². The molecule has 0 aromatic heterocycles. The summed E-state index contributed by atoms with van der Waals surface area (Å²) in [5.74, 6) is 0.585. The Morgan fingerprint density at radius 2 is 1.52 bits per heavy atom. The summed E-state index contributed by atoms with van der Waals surface area (Å²) in [6.45, 7) is 8.81. The molecule has 2 nitrogen and oxygen atoms in total. The van der Waals surface area contributed by atoms with E-state index in [1.54, 1.807) is 6.26 Å². The second-order valence-corrected chi connectivity index (χ2v) is 7.19. The fourth-order valence-corrected chi connectivity index (χ4v) is 2.86. The van der Waals surface area contributed by atoms with Crippen LogP contribution in [-0.4, -0.2) is 5.97 Å². The first-order valence-electron chi connectivity index (χ1n) is 9.97. The lowest BCUT2D eigenvalue weighted by Gasteiger charge is -2.16. The molecule has 2 heteroatoms. The molecule has 0 fully saturated rings. The summed E-state index contributed by atoms with van der Waals surface area (Å²) in [6.07, 6.45) is 17.8. The van der Waals surface area contributed by atoms with Crippen molar-refractivity contribution in [3.8, 4) is 0 Å². The van der Waals surface area contributed by atoms with Crippen molar-refractivity contribution < 1.29 is 9.53 Å². The molecule has 0 saturated carbocycles. The van der Waals surface area contributed by atoms with E-state index in [-0.39, 0.29) is 11.9 Å². The Morgan fingerprint density at radius 3 is 2.13 bits per heavy atom. The molecule has 0 amide bonds. The van der Waals surface area contributed by atoms with E-state index < -0.39 is 0 Å². The van der Waals surface area contributed by atoms with Crippen LogP contribution in [0.1, 0.15) is 105 Å². The summed E-state index contributed by atoms with van der Waals surface area (Å²) < 4.78 is 5.37. The Balaban J connectivity index is 4.01. The maximum atomic E-state index is 12.3. The SMILES string of the molecule is CCCCCCC=COC(=O)C(CCCCCCC)CC(C)C. The van der Waals surface area contributed by atoms with Gasteiger partial charge in [0.05, 0.1) is 12.2 Å². The topological polar surface area (TPSA) is 26.3 Å². The molecule has 0 bridgehead atoms. The lowest BCUT2D eigenvalue weighted by atomic mass is 9.92. The molecule has 0 spiro atoms. The Labute approximate surface area is 145 Å². The molecule has 0 aliphatic heterocycles. The third-order valence-corrected chi connectivity index (χ3v) is 4.25. The molecule has 0 aromatic rings. The highest BCUT2D eigenvalue weighted by atomic mass is 16.5. The van der Waals surface area contributed by atoms with Crippen molar-refractivity contribution in [1.82, 2.24) is 0 Å². The zero-order valence-corrected chi connectivity index (χ0v) is 16.1. The summed E-state index contributed by atoms with van der Waals surface area (Å²) in [5.41, 5.74) is 0. The van der Waals surface area contributed by atoms with Crippen LogP contribution < -0.4 is 0 Å². The molecule has 0 aliphatic carbocycles. The number of allylic oxidation sites excluding steroid dienone is 1. The minimum Gasteiger partial charge on any atom is -0.435 e. The minimum absolute atomic E-state index is 0.0287. The molecule has 0 rings (SSSR count). The lowest BCUT2D eigenvalue weighted by Crippen LogP contribution is -2.18. The summed E-state index contributed by atoms with van der Waals surface area (Å²) in [6, 6.07) is 0. The van der Waals surface area contributed by atoms with Gasteiger partial charge in [0.15, 0.2) is 0 Å². The Morgan fingerprint density at radius 1 is 0.913 bits per heavy atom. The van der Waals surface area contributed by atoms with Crippen molar-refractivity contribution in [3.63, 3.8) is 0 Å². The lowest BCUT2D eigenvalue weighted by molar-refractivity contribution is -0.143. The number of rotatable bonds is 15. The summed E-state index contributed by atoms with van der Waals surface area (Å²) >= 11 is 0. The Kier molecular flexibility index (Phi) is 15.5. The number of carbonyl (C=O) groups excluding carboxylic acids is 1. The molecular weight excluding hydrogens is 284 g/mol. The molecule has 0 heterocycles. The van der Waals surface area contributed by atoms with E-state index in [0.29, 0.717) is 5.92 Å². The monoisotopic (exact) mass is 324 g/mol. The van der Waals surface area contributed by atoms with Gasteiger partial charge in [0.1, 0.15) is 0 Å². The van der Waals surface area contributed by atoms with Gasteiger partial charge in [-0.05, 0) is 37.7 Å². The normalized spacial score (nSPS) is 12.9. The fourth-order valence-electron chi connectivity index (χ4n) is 2.86. The van der Waals surface area contributed by atoms with Gasteiger partial charge in [-0.25, -0.2) is 0 Å². The quantitative estimate of drug-likeness (QED) is 0.183. The van der Waals surface area contributed by atoms with Gasteiger partial charge in [0.2, 0.25) is 0 Å². The van der Waals surface area contributed by atoms with E-state index in [4.69, 9.17) is 4.74 Å². The van der Waals surface area contributed by atoms with E-state index in [2.05, 4.69) is 27.7 Å². The van der Waals surface area contributed by atoms with E-state index in [1.807, 2.05) is 6.08 Å². The van der Waals surface area contributed by atoms with E-state index in [0.717, 1.165) is 25.7 Å². The molecule has 136 valence electrons. The highest BCUT2D eigenvalue weighted by Gasteiger charge is 2.20. The van der Waals surface area contributed by atoms with Crippen molar-refractivity contribution in [2.45, 2.75) is 105 Å². The van der Waals surface area contributed by atoms with Gasteiger partial charge in [-0.3, -0.25) is 4.79 Å². The molecule has 0 saturated heterocycles. The largest absolute Gasteiger partial charge is 0.435 e. The molecular formula is C21H40O2. The maximum Gasteiger partial charge on any atom is 0.313 e. The van der Waals surface area contributed by atoms with Crippen molar-refractivity contribution in [3.05, 3.63) is 12.3 Å². The predicted octanol–water partition coefficient (Wildman–Crippen LogP) is 7.04. The number of carbonyl (C=O) groups is 1. The zero-order chi connectivity index (χ0) is 17.3. The highest BCUT2D eigenvalue weighted by molar-refractivity contribution is 5.73. The van der Waals surface area contributed by atoms with Crippen LogP contribution >= 0.6 is 0 Å². The Bertz CT molecular complexity index is 294. The van der Waals surface area contributed by atoms with E-state index in [9.17, 15) is 4.79 Å². The average molecular weight is 325 g/mol. The molecule has 1 atom stereocenters. The van der Waals surface area contributed by atoms with Gasteiger partial charge >= 0.3 is 5.97 Å². The van der Waals surface area contributed by atoms with Crippen LogP contribution in [0.2, 0.25) is 0 Å². The molecule has 1 unspecified atom stereocenters. The van der Waals surface area contributed by atoms with Gasteiger partial charge in [0.25, 0.3) is 0 Å². The van der Waals surface area contributed by atoms with Crippen LogP contribution in [0.3, 0.4) is 0 Å². The second kappa shape index (κ2) is 16.1. The van der Waals surface area contributed by atoms with E-state index in [1.165, 1.54) is 51.4 Å². The van der Waals surface area contributed by atoms with Crippen LogP contribution in [0.5, 0.6) is 0 Å². The highest BCUT2D eigenvalue weighted by Crippen LogP contribution is 2.21. The zero-order valence-electron chi connectivity index (χ0n) is 16.1. The number of unbranched alkanes of at least 4 members (excludes halogenated alkanes) is 8. The van der Waals surface area contributed by atoms with Gasteiger partial charge < -0.3 is 4.74 Å². The summed E-state index contributed by atoms with van der Waals surface area (Å²) in [5, 5.41) is 0. The van der Waals surface area contributed by atoms with E-state index >= 15 is 0 Å². The molecule has 23 heavy (non-hydrogen) atoms. The number of hydrogen-bond donors (Lipinski definition) is 0. The number of ether oxygens (including phenoxy) is 1. The number of hydrogen-bond acceptors (Lipinski definition) is 2. The van der Waals surface area contributed by atoms with Crippen LogP contribution in [0.25, 0.3) is 0 Å². The van der Waals surface area contributed by atoms with Crippen molar-refractivity contribution in [2.75, 3.05) is 0 Å². The third kappa shape index (κ3) is 14.5. The molecule has 0 N–H and O–H groups in total. The van der Waals surface area contributed by atoms with Crippen LogP contribution in [0.15, 0.2) is 12.3 Å².